The minimum absolute atomic E-state index is 0.195. The number of aliphatic hydroxyl groups is 1. The standard InChI is InChI=1S/C10H19N3O/c1-4-13-6-5-11-10(13)12-9(3)8(2)7-14/h5-6,8-9,14H,4,7H2,1-3H3,(H,11,12). The minimum Gasteiger partial charge on any atom is -0.396 e. The first-order valence-corrected chi connectivity index (χ1v) is 5.07. The van der Waals surface area contributed by atoms with Crippen molar-refractivity contribution in [3.63, 3.8) is 0 Å². The van der Waals surface area contributed by atoms with Gasteiger partial charge < -0.3 is 15.0 Å². The molecule has 1 rings (SSSR count). The fourth-order valence-corrected chi connectivity index (χ4v) is 1.21. The molecule has 1 heterocycles. The number of imidazole rings is 1. The molecule has 0 radical (unpaired) electrons. The third-order valence-electron chi connectivity index (χ3n) is 2.55. The van der Waals surface area contributed by atoms with E-state index in [9.17, 15) is 0 Å². The Morgan fingerprint density at radius 3 is 2.86 bits per heavy atom. The van der Waals surface area contributed by atoms with Gasteiger partial charge in [-0.1, -0.05) is 6.92 Å². The Labute approximate surface area is 85.0 Å². The van der Waals surface area contributed by atoms with Crippen LogP contribution in [-0.2, 0) is 6.54 Å². The molecular formula is C10H19N3O. The summed E-state index contributed by atoms with van der Waals surface area (Å²) in [6, 6.07) is 0.229. The van der Waals surface area contributed by atoms with Gasteiger partial charge in [-0.05, 0) is 19.8 Å². The van der Waals surface area contributed by atoms with E-state index in [1.165, 1.54) is 0 Å². The highest BCUT2D eigenvalue weighted by Gasteiger charge is 2.12. The summed E-state index contributed by atoms with van der Waals surface area (Å²) < 4.78 is 2.04. The molecule has 0 fully saturated rings. The Bertz CT molecular complexity index is 272. The van der Waals surface area contributed by atoms with Crippen LogP contribution in [0, 0.1) is 5.92 Å². The first kappa shape index (κ1) is 11.0. The third-order valence-corrected chi connectivity index (χ3v) is 2.55. The molecule has 4 heteroatoms. The second-order valence-corrected chi connectivity index (χ2v) is 3.63. The molecule has 0 amide bonds. The second kappa shape index (κ2) is 5.00. The van der Waals surface area contributed by atoms with Gasteiger partial charge in [0.05, 0.1) is 0 Å². The van der Waals surface area contributed by atoms with E-state index in [4.69, 9.17) is 5.11 Å². The number of anilines is 1. The van der Waals surface area contributed by atoms with Crippen LogP contribution in [0.5, 0.6) is 0 Å². The zero-order valence-electron chi connectivity index (χ0n) is 9.07. The SMILES string of the molecule is CCn1ccnc1NC(C)C(C)CO. The van der Waals surface area contributed by atoms with Crippen molar-refractivity contribution in [1.82, 2.24) is 9.55 Å². The van der Waals surface area contributed by atoms with Gasteiger partial charge in [0, 0.05) is 31.6 Å². The lowest BCUT2D eigenvalue weighted by Crippen LogP contribution is -2.27. The zero-order chi connectivity index (χ0) is 10.6. The maximum absolute atomic E-state index is 8.99. The van der Waals surface area contributed by atoms with Gasteiger partial charge in [0.25, 0.3) is 0 Å². The van der Waals surface area contributed by atoms with Crippen molar-refractivity contribution in [2.75, 3.05) is 11.9 Å². The molecule has 2 atom stereocenters. The quantitative estimate of drug-likeness (QED) is 0.748. The van der Waals surface area contributed by atoms with E-state index in [0.29, 0.717) is 0 Å². The molecule has 4 nitrogen and oxygen atoms in total. The molecule has 2 N–H and O–H groups in total. The summed E-state index contributed by atoms with van der Waals surface area (Å²) >= 11 is 0. The Hall–Kier alpha value is -1.03. The predicted molar refractivity (Wildman–Crippen MR) is 57.2 cm³/mol. The fourth-order valence-electron chi connectivity index (χ4n) is 1.21. The monoisotopic (exact) mass is 197 g/mol. The normalized spacial score (nSPS) is 15.1. The summed E-state index contributed by atoms with van der Waals surface area (Å²) in [6.45, 7) is 7.24. The minimum atomic E-state index is 0.195. The van der Waals surface area contributed by atoms with Crippen LogP contribution in [0.2, 0.25) is 0 Å². The molecular weight excluding hydrogens is 178 g/mol. The second-order valence-electron chi connectivity index (χ2n) is 3.63. The predicted octanol–water partition coefficient (Wildman–Crippen LogP) is 1.33. The number of aromatic nitrogens is 2. The fraction of sp³-hybridized carbons (Fsp3) is 0.700. The number of hydrogen-bond acceptors (Lipinski definition) is 3. The molecule has 0 bridgehead atoms. The van der Waals surface area contributed by atoms with Crippen molar-refractivity contribution in [3.05, 3.63) is 12.4 Å². The molecule has 0 aliphatic carbocycles. The van der Waals surface area contributed by atoms with Crippen LogP contribution in [0.3, 0.4) is 0 Å². The Balaban J connectivity index is 2.59. The van der Waals surface area contributed by atoms with Crippen LogP contribution >= 0.6 is 0 Å². The topological polar surface area (TPSA) is 50.1 Å². The van der Waals surface area contributed by atoms with Gasteiger partial charge >= 0.3 is 0 Å². The zero-order valence-corrected chi connectivity index (χ0v) is 9.07. The van der Waals surface area contributed by atoms with Crippen molar-refractivity contribution >= 4 is 5.95 Å². The number of aliphatic hydroxyl groups excluding tert-OH is 1. The summed E-state index contributed by atoms with van der Waals surface area (Å²) in [5, 5.41) is 12.3. The molecule has 0 saturated heterocycles. The van der Waals surface area contributed by atoms with E-state index in [0.717, 1.165) is 12.5 Å². The Kier molecular flexibility index (Phi) is 3.95. The lowest BCUT2D eigenvalue weighted by Gasteiger charge is -2.20. The molecule has 0 aliphatic rings. The van der Waals surface area contributed by atoms with Crippen molar-refractivity contribution in [3.8, 4) is 0 Å². The summed E-state index contributed by atoms with van der Waals surface area (Å²) in [4.78, 5) is 4.21. The van der Waals surface area contributed by atoms with Crippen molar-refractivity contribution in [2.45, 2.75) is 33.4 Å². The van der Waals surface area contributed by atoms with Gasteiger partial charge in [-0.25, -0.2) is 4.98 Å². The van der Waals surface area contributed by atoms with Crippen LogP contribution in [0.4, 0.5) is 5.95 Å². The number of rotatable bonds is 5. The molecule has 0 spiro atoms. The Morgan fingerprint density at radius 2 is 2.29 bits per heavy atom. The molecule has 1 aromatic heterocycles. The summed E-state index contributed by atoms with van der Waals surface area (Å²) in [6.07, 6.45) is 3.72. The highest BCUT2D eigenvalue weighted by molar-refractivity contribution is 5.27. The van der Waals surface area contributed by atoms with Crippen LogP contribution in [0.25, 0.3) is 0 Å². The van der Waals surface area contributed by atoms with E-state index in [-0.39, 0.29) is 18.6 Å². The van der Waals surface area contributed by atoms with Gasteiger partial charge in [-0.15, -0.1) is 0 Å². The molecule has 0 aliphatic heterocycles. The smallest absolute Gasteiger partial charge is 0.202 e. The van der Waals surface area contributed by atoms with Crippen LogP contribution in [0.15, 0.2) is 12.4 Å². The van der Waals surface area contributed by atoms with Gasteiger partial charge in [0.2, 0.25) is 5.95 Å². The maximum atomic E-state index is 8.99. The third kappa shape index (κ3) is 2.48. The lowest BCUT2D eigenvalue weighted by molar-refractivity contribution is 0.226. The van der Waals surface area contributed by atoms with Gasteiger partial charge in [0.1, 0.15) is 0 Å². The molecule has 1 aromatic rings. The number of hydrogen-bond donors (Lipinski definition) is 2. The maximum Gasteiger partial charge on any atom is 0.202 e. The van der Waals surface area contributed by atoms with E-state index in [1.54, 1.807) is 6.20 Å². The number of nitrogens with zero attached hydrogens (tertiary/aromatic N) is 2. The number of aryl methyl sites for hydroxylation is 1. The summed E-state index contributed by atoms with van der Waals surface area (Å²) in [7, 11) is 0. The average molecular weight is 197 g/mol. The average Bonchev–Trinajstić information content (AvgIpc) is 2.63. The van der Waals surface area contributed by atoms with Crippen LogP contribution < -0.4 is 5.32 Å². The Morgan fingerprint density at radius 1 is 1.57 bits per heavy atom. The van der Waals surface area contributed by atoms with Crippen LogP contribution in [-0.4, -0.2) is 27.3 Å². The molecule has 0 aromatic carbocycles. The van der Waals surface area contributed by atoms with Gasteiger partial charge in [0.15, 0.2) is 0 Å². The van der Waals surface area contributed by atoms with Gasteiger partial charge in [-0.2, -0.15) is 0 Å². The molecule has 14 heavy (non-hydrogen) atoms. The highest BCUT2D eigenvalue weighted by Crippen LogP contribution is 2.10. The van der Waals surface area contributed by atoms with Crippen LogP contribution in [0.1, 0.15) is 20.8 Å². The first-order valence-electron chi connectivity index (χ1n) is 5.07. The van der Waals surface area contributed by atoms with Crippen molar-refractivity contribution in [1.29, 1.82) is 0 Å². The van der Waals surface area contributed by atoms with Gasteiger partial charge in [-0.3, -0.25) is 0 Å². The summed E-state index contributed by atoms with van der Waals surface area (Å²) in [5.41, 5.74) is 0. The molecule has 2 unspecified atom stereocenters. The number of nitrogens with one attached hydrogen (secondary N) is 1. The largest absolute Gasteiger partial charge is 0.396 e. The van der Waals surface area contributed by atoms with E-state index in [2.05, 4.69) is 24.1 Å². The van der Waals surface area contributed by atoms with Crippen molar-refractivity contribution in [2.24, 2.45) is 5.92 Å². The van der Waals surface area contributed by atoms with E-state index >= 15 is 0 Å². The van der Waals surface area contributed by atoms with E-state index in [1.807, 2.05) is 17.7 Å². The summed E-state index contributed by atoms with van der Waals surface area (Å²) in [5.74, 6) is 1.11. The molecule has 0 saturated carbocycles. The first-order chi connectivity index (χ1) is 6.69. The lowest BCUT2D eigenvalue weighted by atomic mass is 10.1. The van der Waals surface area contributed by atoms with Crippen molar-refractivity contribution < 1.29 is 5.11 Å². The molecule has 80 valence electrons. The van der Waals surface area contributed by atoms with E-state index < -0.39 is 0 Å². The highest BCUT2D eigenvalue weighted by atomic mass is 16.3.